The predicted octanol–water partition coefficient (Wildman–Crippen LogP) is 18.5. The van der Waals surface area contributed by atoms with Gasteiger partial charge in [-0.1, -0.05) is 106 Å². The number of nitrogens with zero attached hydrogens (tertiary/aromatic N) is 4. The van der Waals surface area contributed by atoms with Gasteiger partial charge in [0.1, 0.15) is 0 Å². The molecule has 0 saturated heterocycles. The van der Waals surface area contributed by atoms with Gasteiger partial charge >= 0.3 is 0 Å². The zero-order chi connectivity index (χ0) is 45.1. The second-order valence-electron chi connectivity index (χ2n) is 18.6. The molecule has 12 aromatic rings. The van der Waals surface area contributed by atoms with Crippen LogP contribution < -0.4 is 9.80 Å². The highest BCUT2D eigenvalue weighted by molar-refractivity contribution is 7.26. The van der Waals surface area contributed by atoms with Crippen LogP contribution in [-0.2, 0) is 18.3 Å². The van der Waals surface area contributed by atoms with E-state index in [1.807, 2.05) is 46.9 Å². The van der Waals surface area contributed by atoms with Crippen LogP contribution >= 0.6 is 22.7 Å². The second kappa shape index (κ2) is 14.9. The van der Waals surface area contributed by atoms with Crippen LogP contribution in [-0.4, -0.2) is 0 Å². The van der Waals surface area contributed by atoms with Crippen molar-refractivity contribution in [2.45, 2.75) is 45.4 Å². The number of hydrogen-bond donors (Lipinski definition) is 0. The molecule has 0 radical (unpaired) electrons. The van der Waals surface area contributed by atoms with Crippen molar-refractivity contribution >= 4 is 135 Å². The fourth-order valence-corrected chi connectivity index (χ4v) is 13.6. The van der Waals surface area contributed by atoms with Gasteiger partial charge in [-0.15, -0.1) is 22.7 Å². The molecular weight excluding hydrogens is 853 g/mol. The lowest BCUT2D eigenvalue weighted by molar-refractivity contribution is 0.475. The molecule has 6 heteroatoms. The van der Waals surface area contributed by atoms with Gasteiger partial charge in [-0.05, 0) is 136 Å². The zero-order valence-electron chi connectivity index (χ0n) is 37.3. The number of aryl methyl sites for hydroxylation is 2. The van der Waals surface area contributed by atoms with Crippen molar-refractivity contribution < 1.29 is 0 Å². The first-order chi connectivity index (χ1) is 32.8. The standard InChI is InChI=1S/C61H42N4S2/c1-5-37-32-53(65(41-26-22-39(63-4)23-27-41)51-17-11-15-46-44-13-7-9-19-55(44)67-60(46)51)48-34-49-56-38(30-31-61(49,2)3)33-52(47-29-28-42(37)57(48)58(47)56)64(40-24-20-36(35-62)21-25-40)50-16-10-14-45-43-12-6-8-18-54(43)66-59(45)50/h6-29,32-34H,5,30-31H2,1-3H3. The van der Waals surface area contributed by atoms with Crippen molar-refractivity contribution in [1.29, 1.82) is 5.26 Å². The van der Waals surface area contributed by atoms with Gasteiger partial charge in [0.05, 0.1) is 50.4 Å². The molecule has 1 aliphatic rings. The van der Waals surface area contributed by atoms with Crippen LogP contribution in [0.4, 0.5) is 39.8 Å². The molecule has 2 heterocycles. The highest BCUT2D eigenvalue weighted by atomic mass is 32.1. The van der Waals surface area contributed by atoms with E-state index in [2.05, 4.69) is 181 Å². The molecule has 0 saturated carbocycles. The van der Waals surface area contributed by atoms with Gasteiger partial charge in [-0.25, -0.2) is 4.85 Å². The first-order valence-electron chi connectivity index (χ1n) is 23.0. The molecule has 2 aromatic heterocycles. The summed E-state index contributed by atoms with van der Waals surface area (Å²) in [6, 6.07) is 61.8. The number of nitriles is 1. The lowest BCUT2D eigenvalue weighted by atomic mass is 9.70. The number of rotatable bonds is 7. The SMILES string of the molecule is [C-]#[N+]c1ccc(N(c2cc(CC)c3ccc4c(N(c5ccc(C#N)cc5)c5cccc6c5sc5ccccc56)cc5c6c(cc2c3c46)C(C)(C)CC5)c2cccc3c2sc2ccccc23)cc1. The summed E-state index contributed by atoms with van der Waals surface area (Å²) in [6.07, 6.45) is 2.86. The van der Waals surface area contributed by atoms with Gasteiger partial charge < -0.3 is 9.80 Å². The molecule has 318 valence electrons. The largest absolute Gasteiger partial charge is 0.309 e. The summed E-state index contributed by atoms with van der Waals surface area (Å²) in [4.78, 5) is 8.75. The highest BCUT2D eigenvalue weighted by Crippen LogP contribution is 2.56. The Hall–Kier alpha value is -7.74. The Balaban J connectivity index is 1.17. The van der Waals surface area contributed by atoms with Gasteiger partial charge in [-0.2, -0.15) is 5.26 Å². The van der Waals surface area contributed by atoms with Crippen LogP contribution in [0.1, 0.15) is 49.4 Å². The normalized spacial score (nSPS) is 13.3. The van der Waals surface area contributed by atoms with E-state index in [0.29, 0.717) is 11.3 Å². The molecule has 0 bridgehead atoms. The van der Waals surface area contributed by atoms with E-state index in [4.69, 9.17) is 6.57 Å². The quantitative estimate of drug-likeness (QED) is 0.118. The Labute approximate surface area is 396 Å². The van der Waals surface area contributed by atoms with Crippen molar-refractivity contribution in [3.8, 4) is 6.07 Å². The van der Waals surface area contributed by atoms with Crippen LogP contribution in [0.3, 0.4) is 0 Å². The minimum Gasteiger partial charge on any atom is -0.309 e. The molecular formula is C61H42N4S2. The summed E-state index contributed by atoms with van der Waals surface area (Å²) in [5.41, 5.74) is 11.8. The average molecular weight is 895 g/mol. The van der Waals surface area contributed by atoms with Crippen LogP contribution in [0.25, 0.3) is 77.5 Å². The molecule has 10 aromatic carbocycles. The molecule has 0 N–H and O–H groups in total. The number of fused-ring (bicyclic) bond motifs is 6. The van der Waals surface area contributed by atoms with Crippen molar-refractivity contribution in [3.05, 3.63) is 197 Å². The van der Waals surface area contributed by atoms with Crippen LogP contribution in [0, 0.1) is 17.9 Å². The zero-order valence-corrected chi connectivity index (χ0v) is 38.9. The summed E-state index contributed by atoms with van der Waals surface area (Å²) in [6.45, 7) is 15.0. The van der Waals surface area contributed by atoms with Crippen molar-refractivity contribution in [2.75, 3.05) is 9.80 Å². The maximum Gasteiger partial charge on any atom is 0.187 e. The van der Waals surface area contributed by atoms with Crippen molar-refractivity contribution in [1.82, 2.24) is 0 Å². The molecule has 0 amide bonds. The first-order valence-corrected chi connectivity index (χ1v) is 24.7. The highest BCUT2D eigenvalue weighted by Gasteiger charge is 2.34. The molecule has 67 heavy (non-hydrogen) atoms. The second-order valence-corrected chi connectivity index (χ2v) is 20.7. The summed E-state index contributed by atoms with van der Waals surface area (Å²) in [5.74, 6) is 0. The summed E-state index contributed by atoms with van der Waals surface area (Å²) >= 11 is 3.69. The Morgan fingerprint density at radius 2 is 1.13 bits per heavy atom. The lowest BCUT2D eigenvalue weighted by Crippen LogP contribution is -2.24. The minimum absolute atomic E-state index is 0.0783. The molecule has 0 fully saturated rings. The molecule has 0 atom stereocenters. The lowest BCUT2D eigenvalue weighted by Gasteiger charge is -2.37. The number of thiophene rings is 2. The number of hydrogen-bond acceptors (Lipinski definition) is 5. The monoisotopic (exact) mass is 894 g/mol. The Kier molecular flexibility index (Phi) is 8.80. The van der Waals surface area contributed by atoms with Gasteiger partial charge in [0.15, 0.2) is 5.69 Å². The third-order valence-corrected chi connectivity index (χ3v) is 16.9. The molecule has 4 nitrogen and oxygen atoms in total. The molecule has 0 spiro atoms. The smallest absolute Gasteiger partial charge is 0.187 e. The van der Waals surface area contributed by atoms with E-state index in [1.165, 1.54) is 89.4 Å². The van der Waals surface area contributed by atoms with Gasteiger partial charge in [0.25, 0.3) is 0 Å². The maximum absolute atomic E-state index is 9.95. The van der Waals surface area contributed by atoms with E-state index in [9.17, 15) is 5.26 Å². The van der Waals surface area contributed by atoms with E-state index in [0.717, 1.165) is 53.4 Å². The third-order valence-electron chi connectivity index (χ3n) is 14.5. The molecule has 1 aliphatic carbocycles. The molecule has 13 rings (SSSR count). The van der Waals surface area contributed by atoms with E-state index < -0.39 is 0 Å². The summed E-state index contributed by atoms with van der Waals surface area (Å²) in [7, 11) is 0. The van der Waals surface area contributed by atoms with Gasteiger partial charge in [-0.3, -0.25) is 0 Å². The molecule has 0 aliphatic heterocycles. The van der Waals surface area contributed by atoms with Crippen LogP contribution in [0.2, 0.25) is 0 Å². The number of anilines is 6. The van der Waals surface area contributed by atoms with E-state index >= 15 is 0 Å². The fraction of sp³-hybridized carbons (Fsp3) is 0.115. The Bertz CT molecular complexity index is 4090. The Morgan fingerprint density at radius 3 is 1.73 bits per heavy atom. The topological polar surface area (TPSA) is 34.6 Å². The predicted molar refractivity (Wildman–Crippen MR) is 287 cm³/mol. The summed E-state index contributed by atoms with van der Waals surface area (Å²) < 4.78 is 5.00. The van der Waals surface area contributed by atoms with Crippen LogP contribution in [0.5, 0.6) is 0 Å². The Morgan fingerprint density at radius 1 is 0.567 bits per heavy atom. The van der Waals surface area contributed by atoms with Gasteiger partial charge in [0, 0.05) is 58.5 Å². The third kappa shape index (κ3) is 5.87. The van der Waals surface area contributed by atoms with Crippen LogP contribution in [0.15, 0.2) is 164 Å². The minimum atomic E-state index is -0.0783. The summed E-state index contributed by atoms with van der Waals surface area (Å²) in [5, 5.41) is 22.7. The first kappa shape index (κ1) is 39.6. The molecule has 0 unspecified atom stereocenters. The van der Waals surface area contributed by atoms with Gasteiger partial charge in [0.2, 0.25) is 0 Å². The fourth-order valence-electron chi connectivity index (χ4n) is 11.2. The van der Waals surface area contributed by atoms with Crippen molar-refractivity contribution in [3.63, 3.8) is 0 Å². The number of benzene rings is 10. The maximum atomic E-state index is 9.95. The van der Waals surface area contributed by atoms with Crippen molar-refractivity contribution in [2.24, 2.45) is 0 Å². The van der Waals surface area contributed by atoms with E-state index in [1.54, 1.807) is 0 Å². The average Bonchev–Trinajstić information content (AvgIpc) is 3.95. The van der Waals surface area contributed by atoms with E-state index in [-0.39, 0.29) is 5.41 Å².